The summed E-state index contributed by atoms with van der Waals surface area (Å²) in [6, 6.07) is 8.24. The molecule has 0 saturated carbocycles. The largest absolute Gasteiger partial charge is 0.496 e. The van der Waals surface area contributed by atoms with E-state index in [4.69, 9.17) is 9.47 Å². The van der Waals surface area contributed by atoms with Gasteiger partial charge in [0.2, 0.25) is 0 Å². The standard InChI is InChI=1S/C14H23NO2/c1-4-5-10-17-11-13(15-2)12-8-6-7-9-14(12)16-3/h6-9,13,15H,4-5,10-11H2,1-3H3. The van der Waals surface area contributed by atoms with E-state index in [1.165, 1.54) is 6.42 Å². The Kier molecular flexibility index (Phi) is 6.67. The van der Waals surface area contributed by atoms with Crippen LogP contribution in [0.3, 0.4) is 0 Å². The van der Waals surface area contributed by atoms with Crippen LogP contribution in [0.5, 0.6) is 5.75 Å². The Bertz CT molecular complexity index is 315. The van der Waals surface area contributed by atoms with Gasteiger partial charge < -0.3 is 14.8 Å². The summed E-state index contributed by atoms with van der Waals surface area (Å²) in [5.41, 5.74) is 1.15. The fourth-order valence-electron chi connectivity index (χ4n) is 1.73. The summed E-state index contributed by atoms with van der Waals surface area (Å²) < 4.78 is 11.0. The predicted octanol–water partition coefficient (Wildman–Crippen LogP) is 2.77. The molecule has 1 N–H and O–H groups in total. The fraction of sp³-hybridized carbons (Fsp3) is 0.571. The third-order valence-electron chi connectivity index (χ3n) is 2.79. The van der Waals surface area contributed by atoms with E-state index in [1.807, 2.05) is 25.2 Å². The van der Waals surface area contributed by atoms with Gasteiger partial charge in [-0.3, -0.25) is 0 Å². The highest BCUT2D eigenvalue weighted by atomic mass is 16.5. The molecule has 17 heavy (non-hydrogen) atoms. The van der Waals surface area contributed by atoms with Crippen LogP contribution in [-0.4, -0.2) is 27.4 Å². The number of hydrogen-bond acceptors (Lipinski definition) is 3. The second-order valence-electron chi connectivity index (χ2n) is 4.01. The lowest BCUT2D eigenvalue weighted by atomic mass is 10.1. The molecule has 3 heteroatoms. The van der Waals surface area contributed by atoms with Gasteiger partial charge >= 0.3 is 0 Å². The Hall–Kier alpha value is -1.06. The van der Waals surface area contributed by atoms with E-state index in [-0.39, 0.29) is 6.04 Å². The minimum absolute atomic E-state index is 0.183. The molecule has 0 saturated heterocycles. The maximum atomic E-state index is 5.66. The fourth-order valence-corrected chi connectivity index (χ4v) is 1.73. The molecule has 1 rings (SSSR count). The quantitative estimate of drug-likeness (QED) is 0.705. The number of methoxy groups -OCH3 is 1. The predicted molar refractivity (Wildman–Crippen MR) is 70.5 cm³/mol. The van der Waals surface area contributed by atoms with Crippen LogP contribution in [0.15, 0.2) is 24.3 Å². The van der Waals surface area contributed by atoms with Crippen LogP contribution in [0.1, 0.15) is 31.4 Å². The van der Waals surface area contributed by atoms with Crippen molar-refractivity contribution >= 4 is 0 Å². The summed E-state index contributed by atoms with van der Waals surface area (Å²) in [5.74, 6) is 0.908. The Morgan fingerprint density at radius 1 is 1.29 bits per heavy atom. The van der Waals surface area contributed by atoms with E-state index in [0.717, 1.165) is 24.3 Å². The maximum Gasteiger partial charge on any atom is 0.123 e. The highest BCUT2D eigenvalue weighted by Crippen LogP contribution is 2.24. The van der Waals surface area contributed by atoms with Gasteiger partial charge in [-0.1, -0.05) is 31.5 Å². The van der Waals surface area contributed by atoms with Gasteiger partial charge in [0.15, 0.2) is 0 Å². The van der Waals surface area contributed by atoms with E-state index in [2.05, 4.69) is 18.3 Å². The first kappa shape index (κ1) is 14.0. The number of unbranched alkanes of at least 4 members (excludes halogenated alkanes) is 1. The van der Waals surface area contributed by atoms with Gasteiger partial charge in [0.25, 0.3) is 0 Å². The number of likely N-dealkylation sites (N-methyl/N-ethyl adjacent to an activating group) is 1. The summed E-state index contributed by atoms with van der Waals surface area (Å²) in [6.45, 7) is 3.67. The van der Waals surface area contributed by atoms with Gasteiger partial charge in [-0.25, -0.2) is 0 Å². The van der Waals surface area contributed by atoms with Crippen molar-refractivity contribution in [2.45, 2.75) is 25.8 Å². The van der Waals surface area contributed by atoms with Crippen molar-refractivity contribution < 1.29 is 9.47 Å². The molecule has 0 heterocycles. The molecular formula is C14H23NO2. The first-order valence-corrected chi connectivity index (χ1v) is 6.21. The summed E-state index contributed by atoms with van der Waals surface area (Å²) in [4.78, 5) is 0. The third kappa shape index (κ3) is 4.36. The first-order valence-electron chi connectivity index (χ1n) is 6.21. The molecule has 1 unspecified atom stereocenters. The van der Waals surface area contributed by atoms with Gasteiger partial charge in [0.05, 0.1) is 19.8 Å². The van der Waals surface area contributed by atoms with E-state index in [9.17, 15) is 0 Å². The highest BCUT2D eigenvalue weighted by Gasteiger charge is 2.13. The molecule has 0 aliphatic heterocycles. The van der Waals surface area contributed by atoms with Crippen LogP contribution < -0.4 is 10.1 Å². The molecule has 0 radical (unpaired) electrons. The summed E-state index contributed by atoms with van der Waals surface area (Å²) in [5, 5.41) is 3.26. The molecule has 1 atom stereocenters. The molecule has 96 valence electrons. The summed E-state index contributed by atoms with van der Waals surface area (Å²) >= 11 is 0. The zero-order valence-electron chi connectivity index (χ0n) is 11.0. The van der Waals surface area contributed by atoms with Gasteiger partial charge in [0.1, 0.15) is 5.75 Å². The van der Waals surface area contributed by atoms with Crippen LogP contribution in [0.2, 0.25) is 0 Å². The Balaban J connectivity index is 2.59. The first-order chi connectivity index (χ1) is 8.33. The normalized spacial score (nSPS) is 12.4. The average molecular weight is 237 g/mol. The zero-order chi connectivity index (χ0) is 12.5. The number of benzene rings is 1. The van der Waals surface area contributed by atoms with Gasteiger partial charge in [-0.2, -0.15) is 0 Å². The molecule has 0 bridgehead atoms. The summed E-state index contributed by atoms with van der Waals surface area (Å²) in [6.07, 6.45) is 2.28. The monoisotopic (exact) mass is 237 g/mol. The second-order valence-corrected chi connectivity index (χ2v) is 4.01. The molecule has 0 amide bonds. The number of para-hydroxylation sites is 1. The highest BCUT2D eigenvalue weighted by molar-refractivity contribution is 5.35. The number of nitrogens with one attached hydrogen (secondary N) is 1. The number of rotatable bonds is 8. The smallest absolute Gasteiger partial charge is 0.123 e. The average Bonchev–Trinajstić information content (AvgIpc) is 2.39. The molecule has 1 aromatic rings. The summed E-state index contributed by atoms with van der Waals surface area (Å²) in [7, 11) is 3.64. The Morgan fingerprint density at radius 2 is 2.06 bits per heavy atom. The van der Waals surface area contributed by atoms with Crippen molar-refractivity contribution in [1.82, 2.24) is 5.32 Å². The van der Waals surface area contributed by atoms with Crippen LogP contribution in [0, 0.1) is 0 Å². The van der Waals surface area contributed by atoms with Crippen molar-refractivity contribution in [3.8, 4) is 5.75 Å². The zero-order valence-corrected chi connectivity index (χ0v) is 11.0. The second kappa shape index (κ2) is 8.09. The molecule has 1 aromatic carbocycles. The molecule has 3 nitrogen and oxygen atoms in total. The SMILES string of the molecule is CCCCOCC(NC)c1ccccc1OC. The van der Waals surface area contributed by atoms with Crippen LogP contribution in [0.25, 0.3) is 0 Å². The van der Waals surface area contributed by atoms with E-state index >= 15 is 0 Å². The van der Waals surface area contributed by atoms with Gasteiger partial charge in [-0.15, -0.1) is 0 Å². The lowest BCUT2D eigenvalue weighted by Crippen LogP contribution is -2.22. The Labute approximate surface area is 104 Å². The van der Waals surface area contributed by atoms with Crippen molar-refractivity contribution in [2.24, 2.45) is 0 Å². The molecule has 0 fully saturated rings. The Morgan fingerprint density at radius 3 is 2.71 bits per heavy atom. The van der Waals surface area contributed by atoms with Crippen LogP contribution >= 0.6 is 0 Å². The van der Waals surface area contributed by atoms with Crippen molar-refractivity contribution in [1.29, 1.82) is 0 Å². The third-order valence-corrected chi connectivity index (χ3v) is 2.79. The maximum absolute atomic E-state index is 5.66. The van der Waals surface area contributed by atoms with E-state index in [0.29, 0.717) is 6.61 Å². The van der Waals surface area contributed by atoms with E-state index < -0.39 is 0 Å². The molecule has 0 spiro atoms. The lowest BCUT2D eigenvalue weighted by molar-refractivity contribution is 0.110. The van der Waals surface area contributed by atoms with Gasteiger partial charge in [-0.05, 0) is 19.5 Å². The number of hydrogen-bond donors (Lipinski definition) is 1. The molecule has 0 aliphatic carbocycles. The minimum Gasteiger partial charge on any atom is -0.496 e. The minimum atomic E-state index is 0.183. The van der Waals surface area contributed by atoms with Gasteiger partial charge in [0, 0.05) is 12.2 Å². The van der Waals surface area contributed by atoms with Crippen LogP contribution in [0.4, 0.5) is 0 Å². The molecule has 0 aromatic heterocycles. The number of ether oxygens (including phenoxy) is 2. The topological polar surface area (TPSA) is 30.5 Å². The molecular weight excluding hydrogens is 214 g/mol. The van der Waals surface area contributed by atoms with Crippen molar-refractivity contribution in [2.75, 3.05) is 27.4 Å². The van der Waals surface area contributed by atoms with Crippen molar-refractivity contribution in [3.63, 3.8) is 0 Å². The molecule has 0 aliphatic rings. The van der Waals surface area contributed by atoms with E-state index in [1.54, 1.807) is 7.11 Å². The van der Waals surface area contributed by atoms with Crippen LogP contribution in [-0.2, 0) is 4.74 Å². The van der Waals surface area contributed by atoms with Crippen molar-refractivity contribution in [3.05, 3.63) is 29.8 Å². The lowest BCUT2D eigenvalue weighted by Gasteiger charge is -2.19.